The number of rotatable bonds is 3. The van der Waals surface area contributed by atoms with Crippen molar-refractivity contribution in [3.63, 3.8) is 0 Å². The molecule has 0 aliphatic heterocycles. The first kappa shape index (κ1) is 20.7. The first-order chi connectivity index (χ1) is 14.1. The zero-order valence-corrected chi connectivity index (χ0v) is 16.4. The van der Waals surface area contributed by atoms with E-state index in [1.165, 1.54) is 12.1 Å². The van der Waals surface area contributed by atoms with E-state index in [1.54, 1.807) is 30.3 Å². The number of nitrogens with zero attached hydrogens (tertiary/aromatic N) is 2. The van der Waals surface area contributed by atoms with Crippen LogP contribution in [0.2, 0.25) is 0 Å². The van der Waals surface area contributed by atoms with Crippen LogP contribution in [0.1, 0.15) is 10.4 Å². The van der Waals surface area contributed by atoms with Crippen molar-refractivity contribution in [1.82, 2.24) is 9.97 Å². The molecule has 30 heavy (non-hydrogen) atoms. The molecule has 154 valence electrons. The third kappa shape index (κ3) is 4.01. The Morgan fingerprint density at radius 2 is 1.53 bits per heavy atom. The highest BCUT2D eigenvalue weighted by atomic mass is 32.2. The molecule has 0 unspecified atom stereocenters. The topological polar surface area (TPSA) is 25.8 Å². The average molecular weight is 456 g/mol. The lowest BCUT2D eigenvalue weighted by atomic mass is 10.1. The summed E-state index contributed by atoms with van der Waals surface area (Å²) in [5.41, 5.74) is -0.436. The minimum absolute atomic E-state index is 0.0589. The molecule has 0 radical (unpaired) electrons. The second-order valence-electron chi connectivity index (χ2n) is 6.15. The van der Waals surface area contributed by atoms with Gasteiger partial charge in [0.25, 0.3) is 0 Å². The summed E-state index contributed by atoms with van der Waals surface area (Å²) in [7, 11) is 0. The van der Waals surface area contributed by atoms with E-state index in [-0.39, 0.29) is 25.7 Å². The molecular formula is C20H10F6N2S2. The molecule has 0 N–H and O–H groups in total. The van der Waals surface area contributed by atoms with Crippen LogP contribution in [-0.2, 0) is 12.4 Å². The van der Waals surface area contributed by atoms with E-state index in [0.29, 0.717) is 16.9 Å². The first-order valence-corrected chi connectivity index (χ1v) is 10.0. The zero-order valence-electron chi connectivity index (χ0n) is 14.8. The fourth-order valence-electron chi connectivity index (χ4n) is 2.88. The molecule has 0 bridgehead atoms. The highest BCUT2D eigenvalue weighted by molar-refractivity contribution is 7.99. The van der Waals surface area contributed by atoms with Gasteiger partial charge in [-0.3, -0.25) is 0 Å². The number of aromatic nitrogens is 2. The van der Waals surface area contributed by atoms with Gasteiger partial charge in [-0.25, -0.2) is 9.97 Å². The van der Waals surface area contributed by atoms with Crippen molar-refractivity contribution >= 4 is 33.3 Å². The summed E-state index contributed by atoms with van der Waals surface area (Å²) in [6.45, 7) is 0. The fourth-order valence-corrected chi connectivity index (χ4v) is 5.00. The van der Waals surface area contributed by atoms with Gasteiger partial charge < -0.3 is 0 Å². The number of alkyl halides is 6. The highest BCUT2D eigenvalue weighted by Crippen LogP contribution is 2.48. The van der Waals surface area contributed by atoms with E-state index in [0.717, 1.165) is 30.2 Å². The third-order valence-corrected chi connectivity index (χ3v) is 6.49. The molecule has 0 aliphatic rings. The van der Waals surface area contributed by atoms with Crippen LogP contribution < -0.4 is 0 Å². The molecular weight excluding hydrogens is 446 g/mol. The van der Waals surface area contributed by atoms with Gasteiger partial charge in [0.1, 0.15) is 16.2 Å². The predicted octanol–water partition coefficient (Wildman–Crippen LogP) is 7.55. The number of hydrogen-bond acceptors (Lipinski definition) is 4. The number of benzene rings is 2. The maximum atomic E-state index is 13.7. The monoisotopic (exact) mass is 456 g/mol. The van der Waals surface area contributed by atoms with Gasteiger partial charge in [0.05, 0.1) is 15.8 Å². The minimum atomic E-state index is -4.62. The van der Waals surface area contributed by atoms with E-state index >= 15 is 0 Å². The fraction of sp³-hybridized carbons (Fsp3) is 0.100. The summed E-state index contributed by atoms with van der Waals surface area (Å²) in [5.74, 6) is 0. The molecule has 2 nitrogen and oxygen atoms in total. The number of thiophene rings is 1. The minimum Gasteiger partial charge on any atom is -0.235 e. The van der Waals surface area contributed by atoms with Crippen LogP contribution in [0.3, 0.4) is 0 Å². The summed E-state index contributed by atoms with van der Waals surface area (Å²) in [6.07, 6.45) is -8.02. The van der Waals surface area contributed by atoms with E-state index in [4.69, 9.17) is 0 Å². The van der Waals surface area contributed by atoms with E-state index in [2.05, 4.69) is 9.97 Å². The molecule has 0 spiro atoms. The second kappa shape index (κ2) is 7.59. The maximum Gasteiger partial charge on any atom is 0.426 e. The van der Waals surface area contributed by atoms with E-state index in [9.17, 15) is 26.3 Å². The van der Waals surface area contributed by atoms with Gasteiger partial charge in [0.15, 0.2) is 0 Å². The lowest BCUT2D eigenvalue weighted by Gasteiger charge is -2.08. The third-order valence-electron chi connectivity index (χ3n) is 4.13. The van der Waals surface area contributed by atoms with Crippen LogP contribution >= 0.6 is 23.1 Å². The number of halogens is 6. The van der Waals surface area contributed by atoms with Gasteiger partial charge >= 0.3 is 12.4 Å². The molecule has 4 rings (SSSR count). The Labute approximate surface area is 174 Å². The standard InChI is InChI=1S/C20H10F6N2S2/c21-19(22,23)12-7-4-8-13(9-12)29-18-16-15(27-10-28-18)14(11-5-2-1-3-6-11)17(30-16)20(24,25)26/h1-10H. The Morgan fingerprint density at radius 1 is 0.800 bits per heavy atom. The van der Waals surface area contributed by atoms with E-state index < -0.39 is 22.8 Å². The SMILES string of the molecule is FC(F)(F)c1cccc(Sc2ncnc3c(-c4ccccc4)c(C(F)(F)F)sc23)c1. The van der Waals surface area contributed by atoms with E-state index in [1.807, 2.05) is 0 Å². The van der Waals surface area contributed by atoms with Crippen molar-refractivity contribution in [3.05, 3.63) is 71.4 Å². The van der Waals surface area contributed by atoms with Crippen molar-refractivity contribution in [2.24, 2.45) is 0 Å². The quantitative estimate of drug-likeness (QED) is 0.235. The zero-order chi connectivity index (χ0) is 21.5. The Kier molecular flexibility index (Phi) is 5.23. The Morgan fingerprint density at radius 3 is 2.20 bits per heavy atom. The van der Waals surface area contributed by atoms with Crippen molar-refractivity contribution < 1.29 is 26.3 Å². The van der Waals surface area contributed by atoms with Crippen LogP contribution in [0.5, 0.6) is 0 Å². The molecule has 2 aromatic heterocycles. The van der Waals surface area contributed by atoms with Crippen LogP contribution in [0, 0.1) is 0 Å². The summed E-state index contributed by atoms with van der Waals surface area (Å²) < 4.78 is 80.3. The number of fused-ring (bicyclic) bond motifs is 1. The first-order valence-electron chi connectivity index (χ1n) is 8.40. The van der Waals surface area contributed by atoms with Gasteiger partial charge in [0.2, 0.25) is 0 Å². The molecule has 4 aromatic rings. The Balaban J connectivity index is 1.87. The largest absolute Gasteiger partial charge is 0.426 e. The normalized spacial score (nSPS) is 12.5. The molecule has 2 aromatic carbocycles. The lowest BCUT2D eigenvalue weighted by molar-refractivity contribution is -0.137. The molecule has 0 amide bonds. The van der Waals surface area contributed by atoms with Crippen molar-refractivity contribution in [2.75, 3.05) is 0 Å². The highest BCUT2D eigenvalue weighted by Gasteiger charge is 2.38. The molecule has 0 saturated carbocycles. The van der Waals surface area contributed by atoms with Gasteiger partial charge in [-0.15, -0.1) is 11.3 Å². The van der Waals surface area contributed by atoms with Gasteiger partial charge in [-0.05, 0) is 23.8 Å². The molecule has 0 aliphatic carbocycles. The lowest BCUT2D eigenvalue weighted by Crippen LogP contribution is -2.04. The Hall–Kier alpha value is -2.59. The van der Waals surface area contributed by atoms with Crippen molar-refractivity contribution in [1.29, 1.82) is 0 Å². The van der Waals surface area contributed by atoms with Crippen LogP contribution in [-0.4, -0.2) is 9.97 Å². The molecule has 2 heterocycles. The maximum absolute atomic E-state index is 13.7. The smallest absolute Gasteiger partial charge is 0.235 e. The van der Waals surface area contributed by atoms with Gasteiger partial charge in [-0.1, -0.05) is 48.2 Å². The van der Waals surface area contributed by atoms with Gasteiger partial charge in [-0.2, -0.15) is 26.3 Å². The van der Waals surface area contributed by atoms with Crippen LogP contribution in [0.25, 0.3) is 21.3 Å². The van der Waals surface area contributed by atoms with Crippen molar-refractivity contribution in [3.8, 4) is 11.1 Å². The summed E-state index contributed by atoms with van der Waals surface area (Å²) in [4.78, 5) is 7.49. The molecule has 0 saturated heterocycles. The van der Waals surface area contributed by atoms with Gasteiger partial charge in [0, 0.05) is 10.5 Å². The van der Waals surface area contributed by atoms with Crippen LogP contribution in [0.15, 0.2) is 70.8 Å². The molecule has 10 heteroatoms. The summed E-state index contributed by atoms with van der Waals surface area (Å²) in [5, 5.41) is 0.164. The van der Waals surface area contributed by atoms with Crippen LogP contribution in [0.4, 0.5) is 26.3 Å². The summed E-state index contributed by atoms with van der Waals surface area (Å²) in [6, 6.07) is 12.6. The molecule has 0 fully saturated rings. The number of hydrogen-bond donors (Lipinski definition) is 0. The molecule has 0 atom stereocenters. The van der Waals surface area contributed by atoms with Crippen molar-refractivity contribution in [2.45, 2.75) is 22.3 Å². The Bertz CT molecular complexity index is 1200. The second-order valence-corrected chi connectivity index (χ2v) is 8.24. The summed E-state index contributed by atoms with van der Waals surface area (Å²) >= 11 is 1.36. The average Bonchev–Trinajstić information content (AvgIpc) is 3.09. The predicted molar refractivity (Wildman–Crippen MR) is 103 cm³/mol.